The van der Waals surface area contributed by atoms with E-state index in [1.54, 1.807) is 0 Å². The second-order valence-electron chi connectivity index (χ2n) is 7.93. The molecule has 29 heavy (non-hydrogen) atoms. The van der Waals surface area contributed by atoms with E-state index in [2.05, 4.69) is 15.9 Å². The highest BCUT2D eigenvalue weighted by molar-refractivity contribution is 6.31. The van der Waals surface area contributed by atoms with Crippen LogP contribution in [0.1, 0.15) is 18.4 Å². The summed E-state index contributed by atoms with van der Waals surface area (Å²) in [4.78, 5) is 19.6. The van der Waals surface area contributed by atoms with Crippen molar-refractivity contribution in [1.82, 2.24) is 9.80 Å². The molecule has 0 saturated carbocycles. The monoisotopic (exact) mass is 415 g/mol. The molecule has 4 rings (SSSR count). The van der Waals surface area contributed by atoms with Crippen molar-refractivity contribution in [2.24, 2.45) is 5.92 Å². The molecule has 2 aromatic carbocycles. The molecule has 0 bridgehead atoms. The molecule has 0 atom stereocenters. The minimum absolute atomic E-state index is 0.120. The molecule has 0 N–H and O–H groups in total. The first-order chi connectivity index (χ1) is 14.1. The molecule has 4 nitrogen and oxygen atoms in total. The summed E-state index contributed by atoms with van der Waals surface area (Å²) in [6, 6.07) is 14.6. The summed E-state index contributed by atoms with van der Waals surface area (Å²) in [5, 5.41) is 0.810. The van der Waals surface area contributed by atoms with Gasteiger partial charge in [0.15, 0.2) is 0 Å². The van der Waals surface area contributed by atoms with Crippen LogP contribution in [0.5, 0.6) is 0 Å². The van der Waals surface area contributed by atoms with Crippen molar-refractivity contribution in [3.05, 3.63) is 64.9 Å². The first-order valence-corrected chi connectivity index (χ1v) is 10.7. The largest absolute Gasteiger partial charge is 0.368 e. The quantitative estimate of drug-likeness (QED) is 0.754. The first-order valence-electron chi connectivity index (χ1n) is 10.4. The third kappa shape index (κ3) is 4.90. The number of amides is 1. The van der Waals surface area contributed by atoms with Crippen molar-refractivity contribution in [3.8, 4) is 0 Å². The zero-order chi connectivity index (χ0) is 20.2. The van der Waals surface area contributed by atoms with Gasteiger partial charge in [0.25, 0.3) is 0 Å². The van der Waals surface area contributed by atoms with E-state index in [0.717, 1.165) is 74.9 Å². The fourth-order valence-electron chi connectivity index (χ4n) is 4.30. The standard InChI is InChI=1S/C23H27ClFN3O/c24-22-4-2-1-3-19(22)17-26-11-9-18(10-12-26)23(29)28-15-13-27(14-16-28)21-7-5-20(25)6-8-21/h1-8,18H,9-17H2. The highest BCUT2D eigenvalue weighted by atomic mass is 35.5. The SMILES string of the molecule is O=C(C1CCN(Cc2ccccc2Cl)CC1)N1CCN(c2ccc(F)cc2)CC1. The van der Waals surface area contributed by atoms with Crippen LogP contribution in [0.2, 0.25) is 5.02 Å². The number of nitrogens with zero attached hydrogens (tertiary/aromatic N) is 3. The average Bonchev–Trinajstić information content (AvgIpc) is 2.76. The van der Waals surface area contributed by atoms with Crippen molar-refractivity contribution >= 4 is 23.2 Å². The Bertz CT molecular complexity index is 828. The van der Waals surface area contributed by atoms with Crippen LogP contribution >= 0.6 is 11.6 Å². The molecule has 0 aromatic heterocycles. The van der Waals surface area contributed by atoms with Crippen LogP contribution in [0.4, 0.5) is 10.1 Å². The van der Waals surface area contributed by atoms with Gasteiger partial charge in [0.05, 0.1) is 0 Å². The molecular weight excluding hydrogens is 389 g/mol. The Morgan fingerprint density at radius 2 is 1.59 bits per heavy atom. The van der Waals surface area contributed by atoms with E-state index in [1.165, 1.54) is 12.1 Å². The lowest BCUT2D eigenvalue weighted by atomic mass is 9.94. The lowest BCUT2D eigenvalue weighted by molar-refractivity contribution is -0.137. The third-order valence-electron chi connectivity index (χ3n) is 6.07. The van der Waals surface area contributed by atoms with Gasteiger partial charge in [-0.2, -0.15) is 0 Å². The molecule has 2 aliphatic heterocycles. The van der Waals surface area contributed by atoms with E-state index >= 15 is 0 Å². The highest BCUT2D eigenvalue weighted by Crippen LogP contribution is 2.25. The van der Waals surface area contributed by atoms with Gasteiger partial charge in [0.2, 0.25) is 5.91 Å². The van der Waals surface area contributed by atoms with Crippen LogP contribution in [0.3, 0.4) is 0 Å². The Labute approximate surface area is 176 Å². The maximum absolute atomic E-state index is 13.1. The normalized spacial score (nSPS) is 18.8. The Morgan fingerprint density at radius 1 is 0.931 bits per heavy atom. The molecule has 2 saturated heterocycles. The van der Waals surface area contributed by atoms with Gasteiger partial charge in [0, 0.05) is 49.4 Å². The van der Waals surface area contributed by atoms with Crippen LogP contribution in [-0.2, 0) is 11.3 Å². The molecule has 0 unspecified atom stereocenters. The zero-order valence-corrected chi connectivity index (χ0v) is 17.3. The lowest BCUT2D eigenvalue weighted by Crippen LogP contribution is -2.51. The third-order valence-corrected chi connectivity index (χ3v) is 6.44. The second-order valence-corrected chi connectivity index (χ2v) is 8.34. The van der Waals surface area contributed by atoms with E-state index in [9.17, 15) is 9.18 Å². The molecule has 1 amide bonds. The minimum Gasteiger partial charge on any atom is -0.368 e. The molecule has 6 heteroatoms. The van der Waals surface area contributed by atoms with Crippen molar-refractivity contribution in [2.45, 2.75) is 19.4 Å². The van der Waals surface area contributed by atoms with Crippen LogP contribution in [-0.4, -0.2) is 55.0 Å². The molecule has 0 aliphatic carbocycles. The van der Waals surface area contributed by atoms with Gasteiger partial charge in [0.1, 0.15) is 5.82 Å². The predicted molar refractivity (Wildman–Crippen MR) is 115 cm³/mol. The second kappa shape index (κ2) is 9.14. The Kier molecular flexibility index (Phi) is 6.36. The topological polar surface area (TPSA) is 26.8 Å². The number of carbonyl (C=O) groups excluding carboxylic acids is 1. The van der Waals surface area contributed by atoms with Gasteiger partial charge in [-0.3, -0.25) is 9.69 Å². The van der Waals surface area contributed by atoms with E-state index < -0.39 is 0 Å². The van der Waals surface area contributed by atoms with Crippen LogP contribution in [0, 0.1) is 11.7 Å². The summed E-state index contributed by atoms with van der Waals surface area (Å²) in [6.45, 7) is 5.75. The molecule has 2 fully saturated rings. The summed E-state index contributed by atoms with van der Waals surface area (Å²) in [7, 11) is 0. The van der Waals surface area contributed by atoms with E-state index in [4.69, 9.17) is 11.6 Å². The maximum atomic E-state index is 13.1. The van der Waals surface area contributed by atoms with Crippen molar-refractivity contribution in [1.29, 1.82) is 0 Å². The van der Waals surface area contributed by atoms with Crippen molar-refractivity contribution < 1.29 is 9.18 Å². The summed E-state index contributed by atoms with van der Waals surface area (Å²) < 4.78 is 13.1. The van der Waals surface area contributed by atoms with Gasteiger partial charge in [-0.1, -0.05) is 29.8 Å². The van der Waals surface area contributed by atoms with Crippen molar-refractivity contribution in [3.63, 3.8) is 0 Å². The van der Waals surface area contributed by atoms with Gasteiger partial charge in [-0.25, -0.2) is 4.39 Å². The number of hydrogen-bond donors (Lipinski definition) is 0. The van der Waals surface area contributed by atoms with Gasteiger partial charge in [-0.05, 0) is 61.8 Å². The number of anilines is 1. The fourth-order valence-corrected chi connectivity index (χ4v) is 4.50. The number of likely N-dealkylation sites (tertiary alicyclic amines) is 1. The number of piperazine rings is 1. The Balaban J connectivity index is 1.25. The number of hydrogen-bond acceptors (Lipinski definition) is 3. The molecule has 0 spiro atoms. The van der Waals surface area contributed by atoms with E-state index in [0.29, 0.717) is 5.91 Å². The van der Waals surface area contributed by atoms with Crippen molar-refractivity contribution in [2.75, 3.05) is 44.2 Å². The fraction of sp³-hybridized carbons (Fsp3) is 0.435. The number of benzene rings is 2. The average molecular weight is 416 g/mol. The van der Waals surface area contributed by atoms with E-state index in [-0.39, 0.29) is 11.7 Å². The summed E-state index contributed by atoms with van der Waals surface area (Å²) in [5.41, 5.74) is 2.17. The van der Waals surface area contributed by atoms with Gasteiger partial charge >= 0.3 is 0 Å². The molecule has 2 aromatic rings. The van der Waals surface area contributed by atoms with E-state index in [1.807, 2.05) is 35.2 Å². The van der Waals surface area contributed by atoms with Crippen LogP contribution < -0.4 is 4.90 Å². The number of carbonyl (C=O) groups is 1. The summed E-state index contributed by atoms with van der Waals surface area (Å²) >= 11 is 6.28. The van der Waals surface area contributed by atoms with Gasteiger partial charge < -0.3 is 9.80 Å². The minimum atomic E-state index is -0.219. The number of halogens is 2. The molecule has 2 aliphatic rings. The van der Waals surface area contributed by atoms with Crippen LogP contribution in [0.15, 0.2) is 48.5 Å². The summed E-state index contributed by atoms with van der Waals surface area (Å²) in [5.74, 6) is 0.194. The smallest absolute Gasteiger partial charge is 0.225 e. The number of piperidine rings is 1. The Morgan fingerprint density at radius 3 is 2.24 bits per heavy atom. The molecular formula is C23H27ClFN3O. The Hall–Kier alpha value is -2.11. The molecule has 154 valence electrons. The molecule has 2 heterocycles. The number of rotatable bonds is 4. The lowest BCUT2D eigenvalue weighted by Gasteiger charge is -2.39. The first kappa shape index (κ1) is 20.2. The molecule has 0 radical (unpaired) electrons. The van der Waals surface area contributed by atoms with Crippen LogP contribution in [0.25, 0.3) is 0 Å². The zero-order valence-electron chi connectivity index (χ0n) is 16.6. The highest BCUT2D eigenvalue weighted by Gasteiger charge is 2.30. The maximum Gasteiger partial charge on any atom is 0.225 e. The predicted octanol–water partition coefficient (Wildman–Crippen LogP) is 4.04. The summed E-state index contributed by atoms with van der Waals surface area (Å²) in [6.07, 6.45) is 1.81. The van der Waals surface area contributed by atoms with Gasteiger partial charge in [-0.15, -0.1) is 0 Å².